The lowest BCUT2D eigenvalue weighted by Gasteiger charge is -2.37. The Morgan fingerprint density at radius 1 is 1.13 bits per heavy atom. The van der Waals surface area contributed by atoms with Crippen LogP contribution in [0.1, 0.15) is 36.8 Å². The van der Waals surface area contributed by atoms with E-state index >= 15 is 0 Å². The molecule has 0 radical (unpaired) electrons. The summed E-state index contributed by atoms with van der Waals surface area (Å²) >= 11 is 6.65. The number of nitrogens with zero attached hydrogens (tertiary/aromatic N) is 2. The van der Waals surface area contributed by atoms with Crippen LogP contribution in [0, 0.1) is 5.92 Å². The monoisotopic (exact) mass is 441 g/mol. The Morgan fingerprint density at radius 2 is 1.87 bits per heavy atom. The Bertz CT molecular complexity index is 864. The van der Waals surface area contributed by atoms with Crippen molar-refractivity contribution in [3.63, 3.8) is 0 Å². The third-order valence-electron chi connectivity index (χ3n) is 6.29. The third kappa shape index (κ3) is 5.92. The van der Waals surface area contributed by atoms with E-state index in [2.05, 4.69) is 16.3 Å². The van der Waals surface area contributed by atoms with Gasteiger partial charge in [-0.15, -0.1) is 0 Å². The summed E-state index contributed by atoms with van der Waals surface area (Å²) in [6, 6.07) is 16.0. The van der Waals surface area contributed by atoms with Crippen molar-refractivity contribution in [3.8, 4) is 5.75 Å². The molecule has 6 heteroatoms. The summed E-state index contributed by atoms with van der Waals surface area (Å²) in [6.45, 7) is 4.48. The number of carbonyl (C=O) groups excluding carboxylic acids is 1. The third-order valence-corrected chi connectivity index (χ3v) is 6.72. The molecule has 1 N–H and O–H groups in total. The molecule has 5 nitrogen and oxygen atoms in total. The topological polar surface area (TPSA) is 44.8 Å². The molecule has 1 aliphatic heterocycles. The summed E-state index contributed by atoms with van der Waals surface area (Å²) in [5, 5.41) is 3.73. The van der Waals surface area contributed by atoms with Gasteiger partial charge < -0.3 is 15.0 Å². The van der Waals surface area contributed by atoms with Crippen molar-refractivity contribution in [2.45, 2.75) is 44.9 Å². The Labute approximate surface area is 190 Å². The molecule has 166 valence electrons. The van der Waals surface area contributed by atoms with Gasteiger partial charge in [-0.05, 0) is 61.9 Å². The van der Waals surface area contributed by atoms with Crippen LogP contribution < -0.4 is 10.1 Å². The first-order chi connectivity index (χ1) is 15.1. The van der Waals surface area contributed by atoms with Gasteiger partial charge in [-0.3, -0.25) is 4.90 Å². The second kappa shape index (κ2) is 10.4. The number of benzene rings is 2. The first-order valence-electron chi connectivity index (χ1n) is 11.3. The lowest BCUT2D eigenvalue weighted by molar-refractivity contribution is 0.0522. The summed E-state index contributed by atoms with van der Waals surface area (Å²) in [7, 11) is 1.85. The summed E-state index contributed by atoms with van der Waals surface area (Å²) in [4.78, 5) is 16.6. The first-order valence-corrected chi connectivity index (χ1v) is 11.7. The molecule has 0 spiro atoms. The number of ether oxygens (including phenoxy) is 1. The number of amides is 2. The van der Waals surface area contributed by atoms with Gasteiger partial charge in [-0.25, -0.2) is 4.79 Å². The van der Waals surface area contributed by atoms with E-state index < -0.39 is 0 Å². The number of urea groups is 1. The Morgan fingerprint density at radius 3 is 2.61 bits per heavy atom. The van der Waals surface area contributed by atoms with Crippen molar-refractivity contribution < 1.29 is 9.53 Å². The highest BCUT2D eigenvalue weighted by Gasteiger charge is 2.33. The SMILES string of the molecule is CN(CC1CC(Oc2cccc(CN3CCCC3)c2Cl)C1)C(=O)NCc1ccccc1. The summed E-state index contributed by atoms with van der Waals surface area (Å²) in [6.07, 6.45) is 4.61. The summed E-state index contributed by atoms with van der Waals surface area (Å²) in [5.74, 6) is 1.25. The average Bonchev–Trinajstić information content (AvgIpc) is 3.26. The van der Waals surface area contributed by atoms with E-state index in [1.807, 2.05) is 49.5 Å². The van der Waals surface area contributed by atoms with Crippen LogP contribution >= 0.6 is 11.6 Å². The van der Waals surface area contributed by atoms with Crippen molar-refractivity contribution in [2.24, 2.45) is 5.92 Å². The quantitative estimate of drug-likeness (QED) is 0.631. The van der Waals surface area contributed by atoms with Gasteiger partial charge >= 0.3 is 6.03 Å². The van der Waals surface area contributed by atoms with E-state index in [0.29, 0.717) is 12.5 Å². The lowest BCUT2D eigenvalue weighted by atomic mass is 9.82. The van der Waals surface area contributed by atoms with Gasteiger partial charge in [-0.1, -0.05) is 54.1 Å². The number of nitrogens with one attached hydrogen (secondary N) is 1. The fourth-order valence-electron chi connectivity index (χ4n) is 4.43. The second-order valence-electron chi connectivity index (χ2n) is 8.81. The van der Waals surface area contributed by atoms with Crippen molar-refractivity contribution in [1.82, 2.24) is 15.1 Å². The molecule has 2 amide bonds. The highest BCUT2D eigenvalue weighted by Crippen LogP contribution is 2.36. The molecule has 0 atom stereocenters. The van der Waals surface area contributed by atoms with Crippen LogP contribution in [0.5, 0.6) is 5.75 Å². The standard InChI is InChI=1S/C25H32ClN3O2/c1-28(25(30)27-16-19-8-3-2-4-9-19)17-20-14-22(15-20)31-23-11-7-10-21(24(23)26)18-29-12-5-6-13-29/h2-4,7-11,20,22H,5-6,12-18H2,1H3,(H,27,30). The van der Waals surface area contributed by atoms with Crippen LogP contribution in [0.3, 0.4) is 0 Å². The minimum absolute atomic E-state index is 0.0362. The Kier molecular flexibility index (Phi) is 7.36. The zero-order valence-electron chi connectivity index (χ0n) is 18.2. The van der Waals surface area contributed by atoms with Crippen molar-refractivity contribution >= 4 is 17.6 Å². The van der Waals surface area contributed by atoms with E-state index in [4.69, 9.17) is 16.3 Å². The molecule has 4 rings (SSSR count). The second-order valence-corrected chi connectivity index (χ2v) is 9.19. The van der Waals surface area contributed by atoms with Crippen LogP contribution in [0.15, 0.2) is 48.5 Å². The van der Waals surface area contributed by atoms with Crippen LogP contribution in [0.4, 0.5) is 4.79 Å². The molecule has 1 aliphatic carbocycles. The largest absolute Gasteiger partial charge is 0.489 e. The fourth-order valence-corrected chi connectivity index (χ4v) is 4.66. The lowest BCUT2D eigenvalue weighted by Crippen LogP contribution is -2.44. The minimum Gasteiger partial charge on any atom is -0.489 e. The first kappa shape index (κ1) is 22.0. The maximum Gasteiger partial charge on any atom is 0.317 e. The van der Waals surface area contributed by atoms with Gasteiger partial charge in [0.1, 0.15) is 5.75 Å². The van der Waals surface area contributed by atoms with Crippen LogP contribution in [0.25, 0.3) is 0 Å². The van der Waals surface area contributed by atoms with E-state index in [1.165, 1.54) is 12.8 Å². The normalized spacial score (nSPS) is 20.8. The molecule has 1 saturated heterocycles. The van der Waals surface area contributed by atoms with E-state index in [9.17, 15) is 4.79 Å². The van der Waals surface area contributed by atoms with Gasteiger partial charge in [0.05, 0.1) is 11.1 Å². The summed E-state index contributed by atoms with van der Waals surface area (Å²) < 4.78 is 6.19. The van der Waals surface area contributed by atoms with Gasteiger partial charge in [0.15, 0.2) is 0 Å². The van der Waals surface area contributed by atoms with Crippen LogP contribution in [0.2, 0.25) is 5.02 Å². The zero-order chi connectivity index (χ0) is 21.6. The molecule has 2 aliphatic rings. The van der Waals surface area contributed by atoms with Crippen LogP contribution in [-0.4, -0.2) is 48.6 Å². The number of hydrogen-bond donors (Lipinski definition) is 1. The maximum absolute atomic E-state index is 12.4. The summed E-state index contributed by atoms with van der Waals surface area (Å²) in [5.41, 5.74) is 2.25. The molecule has 0 aromatic heterocycles. The molecule has 0 unspecified atom stereocenters. The number of halogens is 1. The molecule has 2 fully saturated rings. The van der Waals surface area contributed by atoms with Crippen molar-refractivity contribution in [1.29, 1.82) is 0 Å². The van der Waals surface area contributed by atoms with Gasteiger partial charge in [0.2, 0.25) is 0 Å². The molecule has 31 heavy (non-hydrogen) atoms. The maximum atomic E-state index is 12.4. The predicted molar refractivity (Wildman–Crippen MR) is 124 cm³/mol. The van der Waals surface area contributed by atoms with Gasteiger partial charge in [0, 0.05) is 26.7 Å². The predicted octanol–water partition coefficient (Wildman–Crippen LogP) is 4.93. The molecule has 0 bridgehead atoms. The number of hydrogen-bond acceptors (Lipinski definition) is 3. The van der Waals surface area contributed by atoms with E-state index in [0.717, 1.165) is 60.9 Å². The highest BCUT2D eigenvalue weighted by atomic mass is 35.5. The molecular formula is C25H32ClN3O2. The molecule has 1 heterocycles. The Balaban J connectivity index is 1.20. The van der Waals surface area contributed by atoms with Gasteiger partial charge in [-0.2, -0.15) is 0 Å². The van der Waals surface area contributed by atoms with Crippen molar-refractivity contribution in [3.05, 3.63) is 64.7 Å². The molecule has 2 aromatic carbocycles. The molecule has 2 aromatic rings. The zero-order valence-corrected chi connectivity index (χ0v) is 19.0. The van der Waals surface area contributed by atoms with E-state index in [1.54, 1.807) is 4.90 Å². The molecule has 1 saturated carbocycles. The smallest absolute Gasteiger partial charge is 0.317 e. The number of carbonyl (C=O) groups is 1. The van der Waals surface area contributed by atoms with Crippen LogP contribution in [-0.2, 0) is 13.1 Å². The van der Waals surface area contributed by atoms with Crippen molar-refractivity contribution in [2.75, 3.05) is 26.7 Å². The average molecular weight is 442 g/mol. The number of rotatable bonds is 8. The molecular weight excluding hydrogens is 410 g/mol. The van der Waals surface area contributed by atoms with Gasteiger partial charge in [0.25, 0.3) is 0 Å². The number of likely N-dealkylation sites (tertiary alicyclic amines) is 1. The minimum atomic E-state index is -0.0362. The Hall–Kier alpha value is -2.24. The highest BCUT2D eigenvalue weighted by molar-refractivity contribution is 6.32. The van der Waals surface area contributed by atoms with E-state index in [-0.39, 0.29) is 12.1 Å². The fraction of sp³-hybridized carbons (Fsp3) is 0.480.